The zero-order chi connectivity index (χ0) is 41.0. The number of hydrogen-bond donors (Lipinski definition) is 0. The molecule has 12 aromatic rings. The number of benzene rings is 9. The maximum Gasteiger partial charge on any atom is 0.164 e. The molecule has 9 aromatic carbocycles. The van der Waals surface area contributed by atoms with Crippen molar-refractivity contribution in [2.24, 2.45) is 0 Å². The summed E-state index contributed by atoms with van der Waals surface area (Å²) in [7, 11) is 0. The minimum atomic E-state index is 0.611. The van der Waals surface area contributed by atoms with E-state index in [-0.39, 0.29) is 0 Å². The van der Waals surface area contributed by atoms with E-state index in [9.17, 15) is 0 Å². The van der Waals surface area contributed by atoms with Crippen LogP contribution in [0.4, 0.5) is 0 Å². The van der Waals surface area contributed by atoms with Crippen LogP contribution in [0.3, 0.4) is 0 Å². The van der Waals surface area contributed by atoms with Crippen molar-refractivity contribution >= 4 is 43.7 Å². The van der Waals surface area contributed by atoms with Crippen molar-refractivity contribution in [3.05, 3.63) is 218 Å². The van der Waals surface area contributed by atoms with Crippen LogP contribution in [-0.2, 0) is 0 Å². The summed E-state index contributed by atoms with van der Waals surface area (Å²) in [5.74, 6) is 1.86. The molecule has 0 amide bonds. The van der Waals surface area contributed by atoms with Gasteiger partial charge in [0.05, 0.1) is 11.0 Å². The lowest BCUT2D eigenvalue weighted by atomic mass is 9.96. The van der Waals surface area contributed by atoms with Crippen LogP contribution in [0, 0.1) is 0 Å². The Morgan fingerprint density at radius 2 is 0.758 bits per heavy atom. The second kappa shape index (κ2) is 14.7. The number of para-hydroxylation sites is 2. The van der Waals surface area contributed by atoms with Crippen LogP contribution in [0.1, 0.15) is 0 Å². The summed E-state index contributed by atoms with van der Waals surface area (Å²) in [5.41, 5.74) is 14.5. The lowest BCUT2D eigenvalue weighted by molar-refractivity contribution is 0.669. The third kappa shape index (κ3) is 6.23. The maximum absolute atomic E-state index is 6.46. The van der Waals surface area contributed by atoms with E-state index >= 15 is 0 Å². The summed E-state index contributed by atoms with van der Waals surface area (Å²) >= 11 is 0. The Hall–Kier alpha value is -8.41. The van der Waals surface area contributed by atoms with Gasteiger partial charge in [0.2, 0.25) is 0 Å². The molecule has 0 saturated heterocycles. The second-order valence-corrected chi connectivity index (χ2v) is 15.6. The van der Waals surface area contributed by atoms with Crippen LogP contribution in [0.25, 0.3) is 117 Å². The van der Waals surface area contributed by atoms with Crippen molar-refractivity contribution in [2.45, 2.75) is 0 Å². The zero-order valence-electron chi connectivity index (χ0n) is 33.5. The normalized spacial score (nSPS) is 11.5. The predicted molar refractivity (Wildman–Crippen MR) is 254 cm³/mol. The fourth-order valence-corrected chi connectivity index (χ4v) is 8.80. The molecule has 0 aliphatic heterocycles. The Labute approximate surface area is 357 Å². The summed E-state index contributed by atoms with van der Waals surface area (Å²) < 4.78 is 8.84. The highest BCUT2D eigenvalue weighted by molar-refractivity contribution is 6.17. The third-order valence-corrected chi connectivity index (χ3v) is 11.8. The summed E-state index contributed by atoms with van der Waals surface area (Å²) in [6.07, 6.45) is 0. The number of hydrogen-bond acceptors (Lipinski definition) is 4. The van der Waals surface area contributed by atoms with Gasteiger partial charge in [-0.2, -0.15) is 0 Å². The topological polar surface area (TPSA) is 56.7 Å². The average molecular weight is 793 g/mol. The molecule has 0 unspecified atom stereocenters. The Balaban J connectivity index is 1.02. The molecule has 0 bridgehead atoms. The quantitative estimate of drug-likeness (QED) is 0.161. The summed E-state index contributed by atoms with van der Waals surface area (Å²) in [5, 5.41) is 4.62. The Bertz CT molecular complexity index is 3610. The molecule has 3 aromatic heterocycles. The van der Waals surface area contributed by atoms with Gasteiger partial charge in [-0.25, -0.2) is 15.0 Å². The van der Waals surface area contributed by atoms with E-state index in [4.69, 9.17) is 19.4 Å². The second-order valence-electron chi connectivity index (χ2n) is 15.6. The van der Waals surface area contributed by atoms with E-state index in [1.54, 1.807) is 0 Å². The van der Waals surface area contributed by atoms with Crippen molar-refractivity contribution in [1.29, 1.82) is 0 Å². The standard InChI is InChI=1S/C57H36N4O/c1-4-15-37(16-5-1)39-27-29-41(30-28-39)56-58-55(40-19-8-3-9-20-40)59-57(60-56)43-22-14-21-42(31-43)45-32-44(38-17-6-2-7-18-38)33-46(34-45)61-51-25-12-10-23-47(51)49-35-50-48-24-11-13-26-53(48)62-54(50)36-52(49)61/h1-36H. The summed E-state index contributed by atoms with van der Waals surface area (Å²) in [4.78, 5) is 15.2. The van der Waals surface area contributed by atoms with Crippen molar-refractivity contribution in [3.8, 4) is 73.2 Å². The van der Waals surface area contributed by atoms with Gasteiger partial charge in [0.15, 0.2) is 17.5 Å². The van der Waals surface area contributed by atoms with Gasteiger partial charge >= 0.3 is 0 Å². The average Bonchev–Trinajstić information content (AvgIpc) is 3.88. The molecule has 62 heavy (non-hydrogen) atoms. The Morgan fingerprint density at radius 1 is 0.274 bits per heavy atom. The third-order valence-electron chi connectivity index (χ3n) is 11.8. The van der Waals surface area contributed by atoms with Gasteiger partial charge in [-0.1, -0.05) is 170 Å². The van der Waals surface area contributed by atoms with Crippen molar-refractivity contribution in [2.75, 3.05) is 0 Å². The maximum atomic E-state index is 6.46. The monoisotopic (exact) mass is 792 g/mol. The van der Waals surface area contributed by atoms with Gasteiger partial charge in [-0.15, -0.1) is 0 Å². The van der Waals surface area contributed by atoms with Gasteiger partial charge in [-0.05, 0) is 75.8 Å². The van der Waals surface area contributed by atoms with E-state index in [0.717, 1.165) is 83.2 Å². The van der Waals surface area contributed by atoms with Gasteiger partial charge in [0.1, 0.15) is 11.2 Å². The first-order chi connectivity index (χ1) is 30.7. The van der Waals surface area contributed by atoms with Gasteiger partial charge < -0.3 is 8.98 Å². The van der Waals surface area contributed by atoms with Crippen LogP contribution in [-0.4, -0.2) is 19.5 Å². The molecule has 0 fully saturated rings. The van der Waals surface area contributed by atoms with E-state index in [1.165, 1.54) is 16.3 Å². The lowest BCUT2D eigenvalue weighted by Gasteiger charge is -2.15. The minimum Gasteiger partial charge on any atom is -0.456 e. The van der Waals surface area contributed by atoms with Crippen molar-refractivity contribution in [1.82, 2.24) is 19.5 Å². The molecular formula is C57H36N4O. The molecule has 0 saturated carbocycles. The van der Waals surface area contributed by atoms with Crippen LogP contribution in [0.5, 0.6) is 0 Å². The van der Waals surface area contributed by atoms with E-state index in [2.05, 4.69) is 174 Å². The molecule has 0 atom stereocenters. The Morgan fingerprint density at radius 3 is 1.47 bits per heavy atom. The first kappa shape index (κ1) is 35.5. The number of rotatable bonds is 7. The van der Waals surface area contributed by atoms with Gasteiger partial charge in [0.25, 0.3) is 0 Å². The van der Waals surface area contributed by atoms with Crippen LogP contribution in [0.2, 0.25) is 0 Å². The largest absolute Gasteiger partial charge is 0.456 e. The molecule has 0 aliphatic carbocycles. The Kier molecular flexibility index (Phi) is 8.42. The minimum absolute atomic E-state index is 0.611. The van der Waals surface area contributed by atoms with Gasteiger partial charge in [0, 0.05) is 50.0 Å². The summed E-state index contributed by atoms with van der Waals surface area (Å²) in [6, 6.07) is 76.5. The molecule has 0 radical (unpaired) electrons. The molecular weight excluding hydrogens is 757 g/mol. The molecule has 3 heterocycles. The molecule has 0 N–H and O–H groups in total. The molecule has 12 rings (SSSR count). The van der Waals surface area contributed by atoms with E-state index in [1.807, 2.05) is 48.5 Å². The molecule has 5 heteroatoms. The molecule has 0 aliphatic rings. The van der Waals surface area contributed by atoms with Crippen LogP contribution < -0.4 is 0 Å². The first-order valence-corrected chi connectivity index (χ1v) is 20.8. The lowest BCUT2D eigenvalue weighted by Crippen LogP contribution is -2.00. The first-order valence-electron chi connectivity index (χ1n) is 20.8. The highest BCUT2D eigenvalue weighted by Gasteiger charge is 2.19. The fraction of sp³-hybridized carbons (Fsp3) is 0. The molecule has 290 valence electrons. The molecule has 5 nitrogen and oxygen atoms in total. The SMILES string of the molecule is c1ccc(-c2ccc(-c3nc(-c4ccccc4)nc(-c4cccc(-c5cc(-c6ccccc6)cc(-n6c7ccccc7c7cc8c(cc76)oc6ccccc68)c5)c4)n3)cc2)cc1. The number of nitrogens with zero attached hydrogens (tertiary/aromatic N) is 4. The van der Waals surface area contributed by atoms with E-state index in [0.29, 0.717) is 17.5 Å². The highest BCUT2D eigenvalue weighted by Crippen LogP contribution is 2.40. The number of aromatic nitrogens is 4. The van der Waals surface area contributed by atoms with Crippen molar-refractivity contribution in [3.63, 3.8) is 0 Å². The van der Waals surface area contributed by atoms with E-state index < -0.39 is 0 Å². The summed E-state index contributed by atoms with van der Waals surface area (Å²) in [6.45, 7) is 0. The zero-order valence-corrected chi connectivity index (χ0v) is 33.5. The van der Waals surface area contributed by atoms with Crippen LogP contribution in [0.15, 0.2) is 223 Å². The number of fused-ring (bicyclic) bond motifs is 6. The van der Waals surface area contributed by atoms with Crippen molar-refractivity contribution < 1.29 is 4.42 Å². The molecule has 0 spiro atoms. The number of furan rings is 1. The van der Waals surface area contributed by atoms with Crippen LogP contribution >= 0.6 is 0 Å². The van der Waals surface area contributed by atoms with Gasteiger partial charge in [-0.3, -0.25) is 0 Å². The predicted octanol–water partition coefficient (Wildman–Crippen LogP) is 14.9. The fourth-order valence-electron chi connectivity index (χ4n) is 8.80. The smallest absolute Gasteiger partial charge is 0.164 e. The highest BCUT2D eigenvalue weighted by atomic mass is 16.3.